The quantitative estimate of drug-likeness (QED) is 0.649. The van der Waals surface area contributed by atoms with Crippen molar-refractivity contribution in [2.75, 3.05) is 6.54 Å². The molecule has 0 aliphatic heterocycles. The minimum Gasteiger partial charge on any atom is -0.330 e. The van der Waals surface area contributed by atoms with Crippen molar-refractivity contribution in [3.05, 3.63) is 39.7 Å². The molecule has 1 saturated carbocycles. The largest absolute Gasteiger partial charge is 0.330 e. The molecule has 4 nitrogen and oxygen atoms in total. The van der Waals surface area contributed by atoms with Gasteiger partial charge in [-0.3, -0.25) is 10.1 Å². The normalized spacial score (nSPS) is 25.6. The molecule has 5 heteroatoms. The Balaban J connectivity index is 2.59. The summed E-state index contributed by atoms with van der Waals surface area (Å²) < 4.78 is 13.3. The highest BCUT2D eigenvalue weighted by Crippen LogP contribution is 2.65. The van der Waals surface area contributed by atoms with Gasteiger partial charge in [0.1, 0.15) is 5.82 Å². The van der Waals surface area contributed by atoms with E-state index in [-0.39, 0.29) is 11.1 Å². The Hall–Kier alpha value is -1.49. The van der Waals surface area contributed by atoms with Crippen LogP contribution in [0.5, 0.6) is 0 Å². The predicted molar refractivity (Wildman–Crippen MR) is 62.2 cm³/mol. The average Bonchev–Trinajstić information content (AvgIpc) is 2.81. The second-order valence-corrected chi connectivity index (χ2v) is 5.27. The Morgan fingerprint density at radius 2 is 2.12 bits per heavy atom. The molecule has 0 radical (unpaired) electrons. The second-order valence-electron chi connectivity index (χ2n) is 5.27. The summed E-state index contributed by atoms with van der Waals surface area (Å²) in [5.41, 5.74) is 5.57. The smallest absolute Gasteiger partial charge is 0.273 e. The minimum atomic E-state index is -0.472. The van der Waals surface area contributed by atoms with E-state index < -0.39 is 16.2 Å². The molecule has 0 amide bonds. The lowest BCUT2D eigenvalue weighted by Crippen LogP contribution is -2.26. The van der Waals surface area contributed by atoms with Crippen LogP contribution in [0.3, 0.4) is 0 Å². The lowest BCUT2D eigenvalue weighted by Gasteiger charge is -2.18. The van der Waals surface area contributed by atoms with E-state index in [1.807, 2.05) is 13.8 Å². The van der Waals surface area contributed by atoms with Crippen molar-refractivity contribution in [1.82, 2.24) is 0 Å². The SMILES string of the molecule is CC1(C)CC1(CN)c1cc(F)ccc1[N+](=O)[O-]. The van der Waals surface area contributed by atoms with Gasteiger partial charge in [0.05, 0.1) is 4.92 Å². The zero-order chi connectivity index (χ0) is 12.8. The first-order valence-corrected chi connectivity index (χ1v) is 5.48. The van der Waals surface area contributed by atoms with Gasteiger partial charge < -0.3 is 5.73 Å². The summed E-state index contributed by atoms with van der Waals surface area (Å²) in [6, 6.07) is 3.58. The van der Waals surface area contributed by atoms with Crippen molar-refractivity contribution in [3.63, 3.8) is 0 Å². The zero-order valence-electron chi connectivity index (χ0n) is 9.87. The summed E-state index contributed by atoms with van der Waals surface area (Å²) in [7, 11) is 0. The molecule has 1 fully saturated rings. The first-order valence-electron chi connectivity index (χ1n) is 5.48. The molecule has 92 valence electrons. The van der Waals surface area contributed by atoms with Crippen molar-refractivity contribution >= 4 is 5.69 Å². The fourth-order valence-corrected chi connectivity index (χ4v) is 2.68. The van der Waals surface area contributed by atoms with Crippen molar-refractivity contribution in [2.45, 2.75) is 25.7 Å². The van der Waals surface area contributed by atoms with Crippen LogP contribution in [0, 0.1) is 21.3 Å². The third-order valence-corrected chi connectivity index (χ3v) is 3.93. The highest BCUT2D eigenvalue weighted by molar-refractivity contribution is 5.51. The number of hydrogen-bond acceptors (Lipinski definition) is 3. The van der Waals surface area contributed by atoms with Crippen LogP contribution in [-0.2, 0) is 5.41 Å². The van der Waals surface area contributed by atoms with Gasteiger partial charge in [0.15, 0.2) is 0 Å². The summed E-state index contributed by atoms with van der Waals surface area (Å²) >= 11 is 0. The average molecular weight is 238 g/mol. The van der Waals surface area contributed by atoms with E-state index >= 15 is 0 Å². The Morgan fingerprint density at radius 1 is 1.53 bits per heavy atom. The van der Waals surface area contributed by atoms with E-state index in [9.17, 15) is 14.5 Å². The van der Waals surface area contributed by atoms with Crippen molar-refractivity contribution < 1.29 is 9.31 Å². The van der Waals surface area contributed by atoms with Crippen LogP contribution in [-0.4, -0.2) is 11.5 Å². The molecule has 0 aromatic heterocycles. The molecule has 0 heterocycles. The lowest BCUT2D eigenvalue weighted by molar-refractivity contribution is -0.385. The van der Waals surface area contributed by atoms with E-state index in [0.717, 1.165) is 12.5 Å². The summed E-state index contributed by atoms with van der Waals surface area (Å²) in [5.74, 6) is -0.457. The summed E-state index contributed by atoms with van der Waals surface area (Å²) in [6.07, 6.45) is 0.751. The van der Waals surface area contributed by atoms with E-state index in [0.29, 0.717) is 12.1 Å². The van der Waals surface area contributed by atoms with Crippen LogP contribution in [0.1, 0.15) is 25.8 Å². The van der Waals surface area contributed by atoms with E-state index in [4.69, 9.17) is 5.73 Å². The molecule has 1 aromatic rings. The maximum atomic E-state index is 13.3. The predicted octanol–water partition coefficient (Wildman–Crippen LogP) is 2.36. The highest BCUT2D eigenvalue weighted by Gasteiger charge is 2.63. The molecule has 0 bridgehead atoms. The number of halogens is 1. The topological polar surface area (TPSA) is 69.2 Å². The van der Waals surface area contributed by atoms with E-state index in [1.54, 1.807) is 0 Å². The summed E-state index contributed by atoms with van der Waals surface area (Å²) in [4.78, 5) is 10.5. The molecule has 1 aliphatic rings. The van der Waals surface area contributed by atoms with Crippen LogP contribution in [0.4, 0.5) is 10.1 Å². The van der Waals surface area contributed by atoms with Crippen LogP contribution >= 0.6 is 0 Å². The van der Waals surface area contributed by atoms with E-state index in [2.05, 4.69) is 0 Å². The van der Waals surface area contributed by atoms with Crippen LogP contribution in [0.2, 0.25) is 0 Å². The third-order valence-electron chi connectivity index (χ3n) is 3.93. The molecule has 17 heavy (non-hydrogen) atoms. The van der Waals surface area contributed by atoms with Gasteiger partial charge in [-0.25, -0.2) is 4.39 Å². The maximum Gasteiger partial charge on any atom is 0.273 e. The summed E-state index contributed by atoms with van der Waals surface area (Å²) in [5, 5.41) is 11.0. The number of nitrogens with two attached hydrogens (primary N) is 1. The molecule has 2 N–H and O–H groups in total. The Labute approximate surface area is 98.8 Å². The number of nitrogens with zero attached hydrogens (tertiary/aromatic N) is 1. The summed E-state index contributed by atoms with van der Waals surface area (Å²) in [6.45, 7) is 4.28. The number of hydrogen-bond donors (Lipinski definition) is 1. The molecule has 1 unspecified atom stereocenters. The van der Waals surface area contributed by atoms with Gasteiger partial charge in [0, 0.05) is 23.6 Å². The second kappa shape index (κ2) is 3.50. The van der Waals surface area contributed by atoms with Crippen molar-refractivity contribution in [2.24, 2.45) is 11.1 Å². The highest BCUT2D eigenvalue weighted by atomic mass is 19.1. The number of nitro groups is 1. The van der Waals surface area contributed by atoms with Crippen molar-refractivity contribution in [3.8, 4) is 0 Å². The number of nitro benzene ring substituents is 1. The monoisotopic (exact) mass is 238 g/mol. The Bertz CT molecular complexity index is 487. The van der Waals surface area contributed by atoms with Gasteiger partial charge in [0.2, 0.25) is 0 Å². The van der Waals surface area contributed by atoms with Gasteiger partial charge in [-0.15, -0.1) is 0 Å². The fraction of sp³-hybridized carbons (Fsp3) is 0.500. The van der Waals surface area contributed by atoms with Crippen LogP contribution < -0.4 is 5.73 Å². The first-order chi connectivity index (χ1) is 7.84. The van der Waals surface area contributed by atoms with Crippen LogP contribution in [0.15, 0.2) is 18.2 Å². The first kappa shape index (κ1) is 12.0. The third kappa shape index (κ3) is 1.61. The van der Waals surface area contributed by atoms with Gasteiger partial charge in [-0.05, 0) is 24.0 Å². The zero-order valence-corrected chi connectivity index (χ0v) is 9.87. The molecule has 2 rings (SSSR count). The van der Waals surface area contributed by atoms with Gasteiger partial charge in [0.25, 0.3) is 5.69 Å². The molecule has 1 aromatic carbocycles. The molecule has 1 atom stereocenters. The molecular formula is C12H15FN2O2. The Kier molecular flexibility index (Phi) is 2.47. The molecular weight excluding hydrogens is 223 g/mol. The minimum absolute atomic E-state index is 0.0394. The van der Waals surface area contributed by atoms with Gasteiger partial charge >= 0.3 is 0 Å². The Morgan fingerprint density at radius 3 is 2.53 bits per heavy atom. The van der Waals surface area contributed by atoms with Gasteiger partial charge in [-0.2, -0.15) is 0 Å². The van der Waals surface area contributed by atoms with Crippen LogP contribution in [0.25, 0.3) is 0 Å². The fourth-order valence-electron chi connectivity index (χ4n) is 2.68. The standard InChI is InChI=1S/C12H15FN2O2/c1-11(2)6-12(11,7-14)9-5-8(13)3-4-10(9)15(16)17/h3-5H,6-7,14H2,1-2H3. The number of benzene rings is 1. The maximum absolute atomic E-state index is 13.3. The molecule has 1 aliphatic carbocycles. The number of rotatable bonds is 3. The van der Waals surface area contributed by atoms with Gasteiger partial charge in [-0.1, -0.05) is 13.8 Å². The van der Waals surface area contributed by atoms with Crippen molar-refractivity contribution in [1.29, 1.82) is 0 Å². The van der Waals surface area contributed by atoms with E-state index in [1.165, 1.54) is 12.1 Å². The molecule has 0 saturated heterocycles. The lowest BCUT2D eigenvalue weighted by atomic mass is 9.87. The molecule has 0 spiro atoms.